The van der Waals surface area contributed by atoms with Gasteiger partial charge in [0.1, 0.15) is 5.60 Å². The molecule has 3 N–H and O–H groups in total. The highest BCUT2D eigenvalue weighted by Gasteiger charge is 2.35. The van der Waals surface area contributed by atoms with E-state index in [2.05, 4.69) is 5.32 Å². The van der Waals surface area contributed by atoms with Gasteiger partial charge < -0.3 is 20.3 Å². The highest BCUT2D eigenvalue weighted by atomic mass is 16.6. The molecule has 0 fully saturated rings. The molecule has 0 aromatic heterocycles. The van der Waals surface area contributed by atoms with Gasteiger partial charge in [0, 0.05) is 6.42 Å². The van der Waals surface area contributed by atoms with Crippen molar-refractivity contribution < 1.29 is 24.5 Å². The normalized spacial score (nSPS) is 20.8. The van der Waals surface area contributed by atoms with Crippen LogP contribution in [0.15, 0.2) is 18.2 Å². The van der Waals surface area contributed by atoms with Crippen LogP contribution in [0.1, 0.15) is 48.3 Å². The number of carbonyl (C=O) groups excluding carboxylic acids is 1. The van der Waals surface area contributed by atoms with Crippen LogP contribution < -0.4 is 5.32 Å². The quantitative estimate of drug-likeness (QED) is 0.773. The number of rotatable bonds is 2. The van der Waals surface area contributed by atoms with E-state index >= 15 is 0 Å². The zero-order valence-corrected chi connectivity index (χ0v) is 12.2. The average Bonchev–Trinajstić information content (AvgIpc) is 2.63. The predicted octanol–water partition coefficient (Wildman–Crippen LogP) is 1.87. The van der Waals surface area contributed by atoms with E-state index in [0.717, 1.165) is 0 Å². The number of carboxylic acids is 1. The van der Waals surface area contributed by atoms with Crippen molar-refractivity contribution in [3.05, 3.63) is 34.9 Å². The molecule has 0 saturated carbocycles. The highest BCUT2D eigenvalue weighted by Crippen LogP contribution is 2.34. The number of aliphatic hydroxyl groups excluding tert-OH is 1. The number of carboxylic acid groups (broad SMARTS) is 1. The minimum absolute atomic E-state index is 0.153. The molecule has 1 amide bonds. The number of fused-ring (bicyclic) bond motifs is 1. The van der Waals surface area contributed by atoms with E-state index in [1.54, 1.807) is 32.9 Å². The van der Waals surface area contributed by atoms with Gasteiger partial charge in [-0.3, -0.25) is 0 Å². The van der Waals surface area contributed by atoms with Crippen LogP contribution in [0.4, 0.5) is 4.79 Å². The smallest absolute Gasteiger partial charge is 0.408 e. The van der Waals surface area contributed by atoms with E-state index in [4.69, 9.17) is 9.84 Å². The standard InChI is InChI=1S/C15H19NO5/c1-15(2,3)21-14(20)16-12-8-5-4-6-9(13(18)19)10(8)7-11(12)17/h4-6,11-12,17H,7H2,1-3H3,(H,16,20)(H,18,19)/t11-,12-/m1/s1. The summed E-state index contributed by atoms with van der Waals surface area (Å²) in [6.45, 7) is 5.23. The molecule has 0 heterocycles. The molecule has 0 unspecified atom stereocenters. The van der Waals surface area contributed by atoms with Gasteiger partial charge in [-0.15, -0.1) is 0 Å². The van der Waals surface area contributed by atoms with Gasteiger partial charge in [-0.05, 0) is 38.0 Å². The Labute approximate surface area is 122 Å². The van der Waals surface area contributed by atoms with Gasteiger partial charge in [0.25, 0.3) is 0 Å². The van der Waals surface area contributed by atoms with Gasteiger partial charge in [0.2, 0.25) is 0 Å². The third-order valence-corrected chi connectivity index (χ3v) is 3.25. The fraction of sp³-hybridized carbons (Fsp3) is 0.467. The Morgan fingerprint density at radius 1 is 1.33 bits per heavy atom. The number of benzene rings is 1. The van der Waals surface area contributed by atoms with E-state index in [1.165, 1.54) is 6.07 Å². The van der Waals surface area contributed by atoms with Gasteiger partial charge in [-0.25, -0.2) is 9.59 Å². The van der Waals surface area contributed by atoms with Crippen molar-refractivity contribution in [1.82, 2.24) is 5.32 Å². The van der Waals surface area contributed by atoms with Crippen molar-refractivity contribution in [2.45, 2.75) is 44.9 Å². The number of hydrogen-bond acceptors (Lipinski definition) is 4. The fourth-order valence-electron chi connectivity index (χ4n) is 2.47. The molecule has 6 nitrogen and oxygen atoms in total. The van der Waals surface area contributed by atoms with E-state index in [9.17, 15) is 14.7 Å². The van der Waals surface area contributed by atoms with Gasteiger partial charge in [0.15, 0.2) is 0 Å². The molecule has 0 saturated heterocycles. The molecular weight excluding hydrogens is 274 g/mol. The number of nitrogens with one attached hydrogen (secondary N) is 1. The summed E-state index contributed by atoms with van der Waals surface area (Å²) in [4.78, 5) is 23.0. The van der Waals surface area contributed by atoms with Crippen LogP contribution in [0.2, 0.25) is 0 Å². The maximum atomic E-state index is 11.8. The van der Waals surface area contributed by atoms with Crippen molar-refractivity contribution in [3.8, 4) is 0 Å². The van der Waals surface area contributed by atoms with Crippen LogP contribution in [0.5, 0.6) is 0 Å². The van der Waals surface area contributed by atoms with Crippen molar-refractivity contribution in [2.24, 2.45) is 0 Å². The van der Waals surface area contributed by atoms with Gasteiger partial charge >= 0.3 is 12.1 Å². The Kier molecular flexibility index (Phi) is 3.91. The first-order valence-electron chi connectivity index (χ1n) is 6.71. The Morgan fingerprint density at radius 2 is 2.00 bits per heavy atom. The summed E-state index contributed by atoms with van der Waals surface area (Å²) in [7, 11) is 0. The van der Waals surface area contributed by atoms with Crippen molar-refractivity contribution in [3.63, 3.8) is 0 Å². The lowest BCUT2D eigenvalue weighted by atomic mass is 10.0. The molecule has 0 aliphatic heterocycles. The first-order valence-corrected chi connectivity index (χ1v) is 6.71. The second-order valence-electron chi connectivity index (χ2n) is 6.07. The molecule has 114 valence electrons. The van der Waals surface area contributed by atoms with E-state index in [0.29, 0.717) is 11.1 Å². The molecular formula is C15H19NO5. The molecule has 1 aliphatic rings. The number of aromatic carboxylic acids is 1. The van der Waals surface area contributed by atoms with E-state index < -0.39 is 29.8 Å². The second kappa shape index (κ2) is 5.37. The number of carbonyl (C=O) groups is 2. The van der Waals surface area contributed by atoms with Crippen LogP contribution in [-0.2, 0) is 11.2 Å². The lowest BCUT2D eigenvalue weighted by Gasteiger charge is -2.23. The Bertz CT molecular complexity index is 576. The summed E-state index contributed by atoms with van der Waals surface area (Å²) in [5, 5.41) is 21.9. The summed E-state index contributed by atoms with van der Waals surface area (Å²) in [6, 6.07) is 4.14. The molecule has 6 heteroatoms. The lowest BCUT2D eigenvalue weighted by Crippen LogP contribution is -2.38. The molecule has 1 aromatic rings. The molecule has 0 bridgehead atoms. The minimum Gasteiger partial charge on any atom is -0.478 e. The number of aliphatic hydroxyl groups is 1. The second-order valence-corrected chi connectivity index (χ2v) is 6.07. The molecule has 1 aliphatic carbocycles. The Balaban J connectivity index is 2.23. The van der Waals surface area contributed by atoms with Crippen molar-refractivity contribution in [1.29, 1.82) is 0 Å². The Morgan fingerprint density at radius 3 is 2.57 bits per heavy atom. The first-order chi connectivity index (χ1) is 9.69. The monoisotopic (exact) mass is 293 g/mol. The summed E-state index contributed by atoms with van der Waals surface area (Å²) < 4.78 is 5.16. The van der Waals surface area contributed by atoms with Gasteiger partial charge in [-0.2, -0.15) is 0 Å². The van der Waals surface area contributed by atoms with Crippen molar-refractivity contribution >= 4 is 12.1 Å². The first kappa shape index (κ1) is 15.3. The van der Waals surface area contributed by atoms with Gasteiger partial charge in [-0.1, -0.05) is 12.1 Å². The van der Waals surface area contributed by atoms with Crippen LogP contribution in [0.25, 0.3) is 0 Å². The van der Waals surface area contributed by atoms with Crippen LogP contribution in [-0.4, -0.2) is 34.0 Å². The molecule has 21 heavy (non-hydrogen) atoms. The third kappa shape index (κ3) is 3.33. The predicted molar refractivity (Wildman–Crippen MR) is 75.2 cm³/mol. The van der Waals surface area contributed by atoms with E-state index in [1.807, 2.05) is 0 Å². The largest absolute Gasteiger partial charge is 0.478 e. The summed E-state index contributed by atoms with van der Waals surface area (Å²) in [5.41, 5.74) is 0.686. The van der Waals surface area contributed by atoms with E-state index in [-0.39, 0.29) is 12.0 Å². The summed E-state index contributed by atoms with van der Waals surface area (Å²) >= 11 is 0. The zero-order chi connectivity index (χ0) is 15.8. The van der Waals surface area contributed by atoms with Crippen LogP contribution in [0, 0.1) is 0 Å². The highest BCUT2D eigenvalue weighted by molar-refractivity contribution is 5.90. The third-order valence-electron chi connectivity index (χ3n) is 3.25. The molecule has 0 radical (unpaired) electrons. The van der Waals surface area contributed by atoms with Crippen molar-refractivity contribution in [2.75, 3.05) is 0 Å². The summed E-state index contributed by atoms with van der Waals surface area (Å²) in [6.07, 6.45) is -1.31. The maximum absolute atomic E-state index is 11.8. The van der Waals surface area contributed by atoms with Crippen LogP contribution >= 0.6 is 0 Å². The zero-order valence-electron chi connectivity index (χ0n) is 12.2. The molecule has 2 atom stereocenters. The average molecular weight is 293 g/mol. The Hall–Kier alpha value is -2.08. The maximum Gasteiger partial charge on any atom is 0.408 e. The molecule has 0 spiro atoms. The number of ether oxygens (including phenoxy) is 1. The number of amides is 1. The topological polar surface area (TPSA) is 95.9 Å². The number of hydrogen-bond donors (Lipinski definition) is 3. The minimum atomic E-state index is -1.04. The number of alkyl carbamates (subject to hydrolysis) is 1. The molecule has 2 rings (SSSR count). The van der Waals surface area contributed by atoms with Gasteiger partial charge in [0.05, 0.1) is 17.7 Å². The summed E-state index contributed by atoms with van der Waals surface area (Å²) in [5.74, 6) is -1.04. The molecule has 1 aromatic carbocycles. The lowest BCUT2D eigenvalue weighted by molar-refractivity contribution is 0.0437. The fourth-order valence-corrected chi connectivity index (χ4v) is 2.47. The SMILES string of the molecule is CC(C)(C)OC(=O)N[C@@H]1c2cccc(C(=O)O)c2C[C@H]1O. The van der Waals surface area contributed by atoms with Crippen LogP contribution in [0.3, 0.4) is 0 Å².